The summed E-state index contributed by atoms with van der Waals surface area (Å²) in [6.45, 7) is 0. The Morgan fingerprint density at radius 3 is 2.00 bits per heavy atom. The zero-order valence-corrected chi connectivity index (χ0v) is 21.1. The topological polar surface area (TPSA) is 67.4 Å². The van der Waals surface area contributed by atoms with E-state index in [2.05, 4.69) is 21.0 Å². The first-order chi connectivity index (χ1) is 23.8. The quantitative estimate of drug-likeness (QED) is 0.223. The third-order valence-corrected chi connectivity index (χ3v) is 6.55. The number of fused-ring (bicyclic) bond motifs is 3. The van der Waals surface area contributed by atoms with Gasteiger partial charge in [0.15, 0.2) is 11.6 Å². The molecule has 0 saturated carbocycles. The Bertz CT molecular complexity index is 2590. The van der Waals surface area contributed by atoms with Crippen LogP contribution in [0.3, 0.4) is 0 Å². The van der Waals surface area contributed by atoms with E-state index in [0.29, 0.717) is 44.1 Å². The molecule has 0 amide bonds. The number of nitriles is 1. The fourth-order valence-corrected chi connectivity index (χ4v) is 4.80. The summed E-state index contributed by atoms with van der Waals surface area (Å²) < 4.78 is 84.2. The molecule has 7 rings (SSSR count). The number of para-hydroxylation sites is 1. The summed E-state index contributed by atoms with van der Waals surface area (Å²) in [5.41, 5.74) is 2.64. The minimum Gasteiger partial charge on any atom is -0.309 e. The second kappa shape index (κ2) is 9.77. The predicted octanol–water partition coefficient (Wildman–Crippen LogP) is 8.49. The normalized spacial score (nSPS) is 14.6. The van der Waals surface area contributed by atoms with Crippen LogP contribution in [0.25, 0.3) is 61.4 Å². The van der Waals surface area contributed by atoms with Crippen molar-refractivity contribution in [3.63, 3.8) is 0 Å². The molecule has 7 aromatic rings. The van der Waals surface area contributed by atoms with Gasteiger partial charge in [0.05, 0.1) is 36.4 Å². The standard InChI is InChI=1S/C34H20ClN5/c35-34-38-32(25-11-7-10-24(19-25)23-8-3-1-4-9-23)37-33(39-34)26-15-17-31-29(20-26)28-18-22(21-36)14-16-30(28)40(31)27-12-5-2-6-13-27/h1-20H/i1D,2D,3D,4D,5D,6D,8D,9D,12D,13D. The molecule has 0 N–H and O–H groups in total. The summed E-state index contributed by atoms with van der Waals surface area (Å²) >= 11 is 6.40. The summed E-state index contributed by atoms with van der Waals surface area (Å²) in [5.74, 6) is 0.331. The molecule has 0 radical (unpaired) electrons. The minimum atomic E-state index is -0.514. The van der Waals surface area contributed by atoms with Gasteiger partial charge < -0.3 is 4.57 Å². The highest BCUT2D eigenvalue weighted by Gasteiger charge is 2.16. The van der Waals surface area contributed by atoms with Gasteiger partial charge in [-0.2, -0.15) is 15.2 Å². The van der Waals surface area contributed by atoms with Crippen LogP contribution in [0.15, 0.2) is 121 Å². The molecule has 2 heterocycles. The molecule has 6 heteroatoms. The van der Waals surface area contributed by atoms with Crippen molar-refractivity contribution in [3.8, 4) is 45.7 Å². The summed E-state index contributed by atoms with van der Waals surface area (Å²) in [4.78, 5) is 13.3. The van der Waals surface area contributed by atoms with Gasteiger partial charge in [0.2, 0.25) is 5.28 Å². The first kappa shape index (κ1) is 15.3. The second-order valence-electron chi connectivity index (χ2n) is 8.72. The van der Waals surface area contributed by atoms with Crippen LogP contribution < -0.4 is 0 Å². The van der Waals surface area contributed by atoms with Crippen molar-refractivity contribution in [1.29, 1.82) is 5.26 Å². The average molecular weight is 544 g/mol. The molecule has 0 unspecified atom stereocenters. The molecule has 5 aromatic carbocycles. The van der Waals surface area contributed by atoms with E-state index < -0.39 is 36.3 Å². The minimum absolute atomic E-state index is 0.0240. The molecule has 0 spiro atoms. The summed E-state index contributed by atoms with van der Waals surface area (Å²) in [5, 5.41) is 10.7. The zero-order chi connectivity index (χ0) is 35.8. The lowest BCUT2D eigenvalue weighted by Gasteiger charge is -2.09. The second-order valence-corrected chi connectivity index (χ2v) is 9.06. The highest BCUT2D eigenvalue weighted by atomic mass is 35.5. The predicted molar refractivity (Wildman–Crippen MR) is 160 cm³/mol. The molecular formula is C34H20ClN5. The monoisotopic (exact) mass is 543 g/mol. The molecule has 0 atom stereocenters. The highest BCUT2D eigenvalue weighted by molar-refractivity contribution is 6.28. The third-order valence-electron chi connectivity index (χ3n) is 6.38. The van der Waals surface area contributed by atoms with Crippen LogP contribution in [0, 0.1) is 11.3 Å². The molecule has 0 aliphatic heterocycles. The third kappa shape index (κ3) is 4.17. The van der Waals surface area contributed by atoms with Crippen LogP contribution in [-0.4, -0.2) is 19.5 Å². The van der Waals surface area contributed by atoms with Gasteiger partial charge in [-0.15, -0.1) is 0 Å². The first-order valence-electron chi connectivity index (χ1n) is 17.0. The smallest absolute Gasteiger partial charge is 0.226 e. The van der Waals surface area contributed by atoms with Crippen molar-refractivity contribution in [2.75, 3.05) is 0 Å². The number of rotatable bonds is 4. The van der Waals surface area contributed by atoms with Crippen molar-refractivity contribution in [1.82, 2.24) is 19.5 Å². The van der Waals surface area contributed by atoms with Crippen LogP contribution >= 0.6 is 11.6 Å². The van der Waals surface area contributed by atoms with Crippen LogP contribution in [0.1, 0.15) is 19.3 Å². The van der Waals surface area contributed by atoms with E-state index in [9.17, 15) is 5.26 Å². The molecule has 188 valence electrons. The van der Waals surface area contributed by atoms with Gasteiger partial charge in [0, 0.05) is 27.6 Å². The van der Waals surface area contributed by atoms with Gasteiger partial charge in [-0.1, -0.05) is 66.5 Å². The van der Waals surface area contributed by atoms with Crippen LogP contribution in [-0.2, 0) is 0 Å². The molecule has 0 aliphatic rings. The van der Waals surface area contributed by atoms with Crippen molar-refractivity contribution < 1.29 is 13.7 Å². The molecule has 5 nitrogen and oxygen atoms in total. The maximum Gasteiger partial charge on any atom is 0.226 e. The largest absolute Gasteiger partial charge is 0.309 e. The maximum absolute atomic E-state index is 9.67. The van der Waals surface area contributed by atoms with Crippen LogP contribution in [0.5, 0.6) is 0 Å². The lowest BCUT2D eigenvalue weighted by Crippen LogP contribution is -1.97. The lowest BCUT2D eigenvalue weighted by molar-refractivity contribution is 1.07. The molecule has 0 saturated heterocycles. The van der Waals surface area contributed by atoms with Crippen molar-refractivity contribution in [3.05, 3.63) is 132 Å². The molecule has 0 aliphatic carbocycles. The average Bonchev–Trinajstić information content (AvgIpc) is 3.44. The van der Waals surface area contributed by atoms with Gasteiger partial charge in [0.1, 0.15) is 0 Å². The summed E-state index contributed by atoms with van der Waals surface area (Å²) in [6, 6.07) is 14.4. The highest BCUT2D eigenvalue weighted by Crippen LogP contribution is 2.35. The van der Waals surface area contributed by atoms with E-state index in [0.717, 1.165) is 0 Å². The fourth-order valence-electron chi connectivity index (χ4n) is 4.64. The van der Waals surface area contributed by atoms with Gasteiger partial charge in [-0.05, 0) is 77.3 Å². The molecular weight excluding hydrogens is 514 g/mol. The van der Waals surface area contributed by atoms with Gasteiger partial charge in [0.25, 0.3) is 0 Å². The maximum atomic E-state index is 9.67. The van der Waals surface area contributed by atoms with E-state index in [-0.39, 0.29) is 52.4 Å². The van der Waals surface area contributed by atoms with Crippen LogP contribution in [0.4, 0.5) is 0 Å². The van der Waals surface area contributed by atoms with E-state index in [4.69, 9.17) is 25.3 Å². The number of nitrogens with zero attached hydrogens (tertiary/aromatic N) is 5. The zero-order valence-electron chi connectivity index (χ0n) is 30.4. The van der Waals surface area contributed by atoms with Crippen LogP contribution in [0.2, 0.25) is 5.28 Å². The number of halogens is 1. The molecule has 0 bridgehead atoms. The lowest BCUT2D eigenvalue weighted by atomic mass is 10.0. The number of hydrogen-bond acceptors (Lipinski definition) is 4. The SMILES string of the molecule is [2H]c1c([2H])c([2H])c(-c2cccc(-c3nc(Cl)nc(-c4ccc5c(c4)c4cc(C#N)ccc4n5-c4c([2H])c([2H])c([2H])c([2H])c4[2H])n3)c2)c([2H])c1[2H]. The Labute approximate surface area is 249 Å². The number of hydrogen-bond donors (Lipinski definition) is 0. The van der Waals surface area contributed by atoms with Crippen molar-refractivity contribution >= 4 is 33.4 Å². The molecule has 0 fully saturated rings. The van der Waals surface area contributed by atoms with Crippen molar-refractivity contribution in [2.24, 2.45) is 0 Å². The van der Waals surface area contributed by atoms with Gasteiger partial charge in [-0.25, -0.2) is 4.98 Å². The van der Waals surface area contributed by atoms with Crippen molar-refractivity contribution in [2.45, 2.75) is 0 Å². The number of benzene rings is 5. The molecule has 2 aromatic heterocycles. The van der Waals surface area contributed by atoms with E-state index >= 15 is 0 Å². The Balaban J connectivity index is 1.42. The number of aromatic nitrogens is 4. The molecule has 40 heavy (non-hydrogen) atoms. The van der Waals surface area contributed by atoms with E-state index in [1.165, 1.54) is 0 Å². The summed E-state index contributed by atoms with van der Waals surface area (Å²) in [6.07, 6.45) is 0. The summed E-state index contributed by atoms with van der Waals surface area (Å²) in [7, 11) is 0. The Morgan fingerprint density at radius 2 is 1.27 bits per heavy atom. The Kier molecular flexibility index (Phi) is 3.74. The van der Waals surface area contributed by atoms with E-state index in [1.807, 2.05) is 0 Å². The van der Waals surface area contributed by atoms with Gasteiger partial charge in [-0.3, -0.25) is 0 Å². The fraction of sp³-hybridized carbons (Fsp3) is 0. The van der Waals surface area contributed by atoms with E-state index in [1.54, 1.807) is 65.2 Å². The van der Waals surface area contributed by atoms with Gasteiger partial charge >= 0.3 is 0 Å². The first-order valence-corrected chi connectivity index (χ1v) is 12.4. The Hall–Kier alpha value is -5.31. The Morgan fingerprint density at radius 1 is 0.650 bits per heavy atom.